The van der Waals surface area contributed by atoms with Gasteiger partial charge in [0.2, 0.25) is 5.95 Å². The van der Waals surface area contributed by atoms with E-state index in [-0.39, 0.29) is 12.6 Å². The Hall–Kier alpha value is -3.14. The van der Waals surface area contributed by atoms with Crippen LogP contribution in [0.1, 0.15) is 12.0 Å². The van der Waals surface area contributed by atoms with E-state index in [9.17, 15) is 0 Å². The van der Waals surface area contributed by atoms with Gasteiger partial charge in [0.1, 0.15) is 0 Å². The Balaban J connectivity index is 1.61. The molecule has 0 aliphatic carbocycles. The fourth-order valence-corrected chi connectivity index (χ4v) is 4.90. The summed E-state index contributed by atoms with van der Waals surface area (Å²) in [4.78, 5) is 21.3. The topological polar surface area (TPSA) is 110 Å². The fraction of sp³-hybridized carbons (Fsp3) is 0.304. The van der Waals surface area contributed by atoms with E-state index in [0.717, 1.165) is 58.0 Å². The number of anilines is 2. The molecule has 0 bridgehead atoms. The molecule has 5 rings (SSSR count). The van der Waals surface area contributed by atoms with Gasteiger partial charge in [0.15, 0.2) is 11.6 Å². The predicted molar refractivity (Wildman–Crippen MR) is 127 cm³/mol. The van der Waals surface area contributed by atoms with Gasteiger partial charge in [-0.15, -0.1) is 11.3 Å². The maximum Gasteiger partial charge on any atom is 0.219 e. The van der Waals surface area contributed by atoms with Gasteiger partial charge in [-0.25, -0.2) is 19.9 Å². The Morgan fingerprint density at radius 3 is 2.66 bits per heavy atom. The quantitative estimate of drug-likeness (QED) is 0.463. The first-order chi connectivity index (χ1) is 15.7. The number of aliphatic hydroxyl groups is 1. The van der Waals surface area contributed by atoms with E-state index in [1.54, 1.807) is 23.7 Å². The maximum atomic E-state index is 9.16. The molecule has 1 aromatic carbocycles. The highest BCUT2D eigenvalue weighted by molar-refractivity contribution is 7.22. The normalized spacial score (nSPS) is 14.2. The first-order valence-electron chi connectivity index (χ1n) is 10.6. The molecule has 3 N–H and O–H groups in total. The molecule has 4 heterocycles. The highest BCUT2D eigenvalue weighted by Gasteiger charge is 2.21. The minimum absolute atomic E-state index is 0.198. The lowest BCUT2D eigenvalue weighted by molar-refractivity contribution is 0.122. The van der Waals surface area contributed by atoms with Crippen LogP contribution in [0.2, 0.25) is 0 Å². The highest BCUT2D eigenvalue weighted by atomic mass is 32.1. The molecule has 0 saturated carbocycles. The van der Waals surface area contributed by atoms with Crippen molar-refractivity contribution in [2.75, 3.05) is 43.5 Å². The van der Waals surface area contributed by atoms with Crippen molar-refractivity contribution >= 4 is 33.3 Å². The zero-order valence-electron chi connectivity index (χ0n) is 17.6. The van der Waals surface area contributed by atoms with Crippen LogP contribution in [0.25, 0.3) is 32.0 Å². The zero-order chi connectivity index (χ0) is 21.9. The number of thiophene rings is 1. The molecule has 3 aromatic heterocycles. The Bertz CT molecular complexity index is 1220. The third-order valence-corrected chi connectivity index (χ3v) is 6.60. The molecule has 1 aliphatic rings. The number of nitrogens with two attached hydrogens (primary N) is 1. The second-order valence-electron chi connectivity index (χ2n) is 7.65. The van der Waals surface area contributed by atoms with Crippen LogP contribution >= 0.6 is 11.3 Å². The fourth-order valence-electron chi connectivity index (χ4n) is 3.79. The van der Waals surface area contributed by atoms with E-state index in [1.165, 1.54) is 5.56 Å². The first kappa shape index (κ1) is 20.7. The number of nitrogen functional groups attached to an aromatic ring is 1. The summed E-state index contributed by atoms with van der Waals surface area (Å²) < 4.78 is 6.61. The molecule has 1 fully saturated rings. The zero-order valence-corrected chi connectivity index (χ0v) is 18.4. The van der Waals surface area contributed by atoms with Crippen molar-refractivity contribution in [2.24, 2.45) is 0 Å². The van der Waals surface area contributed by atoms with Crippen LogP contribution in [0.15, 0.2) is 42.7 Å². The average molecular weight is 449 g/mol. The second kappa shape index (κ2) is 9.15. The van der Waals surface area contributed by atoms with E-state index in [1.807, 2.05) is 0 Å². The van der Waals surface area contributed by atoms with Crippen molar-refractivity contribution in [3.05, 3.63) is 48.3 Å². The van der Waals surface area contributed by atoms with E-state index < -0.39 is 0 Å². The number of morpholine rings is 1. The van der Waals surface area contributed by atoms with Crippen molar-refractivity contribution in [2.45, 2.75) is 12.8 Å². The Morgan fingerprint density at radius 2 is 1.88 bits per heavy atom. The standard InChI is InChI=1S/C23H24N6O2S/c24-23-25-13-17(14-26-23)21-27-18-12-19(16-5-1-3-15(11-16)4-2-8-30)32-20(18)22(28-21)29-6-9-31-10-7-29/h1,3,5,11-14,30H,2,4,6-10H2,(H2,24,25,26). The van der Waals surface area contributed by atoms with E-state index >= 15 is 0 Å². The monoisotopic (exact) mass is 448 g/mol. The first-order valence-corrected chi connectivity index (χ1v) is 11.5. The average Bonchev–Trinajstić information content (AvgIpc) is 3.28. The van der Waals surface area contributed by atoms with Gasteiger partial charge >= 0.3 is 0 Å². The molecule has 0 unspecified atom stereocenters. The van der Waals surface area contributed by atoms with Crippen LogP contribution in [0.3, 0.4) is 0 Å². The number of fused-ring (bicyclic) bond motifs is 1. The van der Waals surface area contributed by atoms with Gasteiger partial charge in [-0.1, -0.05) is 24.3 Å². The molecule has 9 heteroatoms. The third kappa shape index (κ3) is 4.27. The molecule has 0 atom stereocenters. The molecule has 0 spiro atoms. The number of aryl methyl sites for hydroxylation is 1. The van der Waals surface area contributed by atoms with Crippen LogP contribution in [-0.2, 0) is 11.2 Å². The molecular formula is C23H24N6O2S. The number of nitrogens with zero attached hydrogens (tertiary/aromatic N) is 5. The Morgan fingerprint density at radius 1 is 1.06 bits per heavy atom. The smallest absolute Gasteiger partial charge is 0.219 e. The van der Waals surface area contributed by atoms with Crippen molar-refractivity contribution in [1.29, 1.82) is 0 Å². The minimum atomic E-state index is 0.198. The lowest BCUT2D eigenvalue weighted by Crippen LogP contribution is -2.36. The van der Waals surface area contributed by atoms with Crippen molar-refractivity contribution in [1.82, 2.24) is 19.9 Å². The Labute approximate surface area is 189 Å². The summed E-state index contributed by atoms with van der Waals surface area (Å²) in [6.45, 7) is 3.12. The second-order valence-corrected chi connectivity index (χ2v) is 8.70. The summed E-state index contributed by atoms with van der Waals surface area (Å²) in [5, 5.41) is 9.16. The Kier molecular flexibility index (Phi) is 5.93. The van der Waals surface area contributed by atoms with E-state index in [0.29, 0.717) is 19.0 Å². The molecule has 4 aromatic rings. The lowest BCUT2D eigenvalue weighted by atomic mass is 10.1. The summed E-state index contributed by atoms with van der Waals surface area (Å²) >= 11 is 1.70. The number of aromatic nitrogens is 4. The largest absolute Gasteiger partial charge is 0.396 e. The van der Waals surface area contributed by atoms with E-state index in [2.05, 4.69) is 45.2 Å². The molecule has 1 aliphatic heterocycles. The predicted octanol–water partition coefficient (Wildman–Crippen LogP) is 3.16. The number of ether oxygens (including phenoxy) is 1. The molecular weight excluding hydrogens is 424 g/mol. The number of hydrogen-bond acceptors (Lipinski definition) is 9. The number of hydrogen-bond donors (Lipinski definition) is 2. The molecule has 1 saturated heterocycles. The lowest BCUT2D eigenvalue weighted by Gasteiger charge is -2.28. The van der Waals surface area contributed by atoms with Gasteiger partial charge in [0, 0.05) is 37.0 Å². The van der Waals surface area contributed by atoms with Gasteiger partial charge in [-0.05, 0) is 30.0 Å². The summed E-state index contributed by atoms with van der Waals surface area (Å²) in [6, 6.07) is 10.6. The van der Waals surface area contributed by atoms with Crippen LogP contribution in [0.4, 0.5) is 11.8 Å². The van der Waals surface area contributed by atoms with Crippen molar-refractivity contribution in [3.63, 3.8) is 0 Å². The summed E-state index contributed by atoms with van der Waals surface area (Å²) in [5.41, 5.74) is 9.65. The SMILES string of the molecule is Nc1ncc(-c2nc(N3CCOCC3)c3sc(-c4cccc(CCCO)c4)cc3n2)cn1. The molecule has 164 valence electrons. The van der Waals surface area contributed by atoms with Gasteiger partial charge in [-0.2, -0.15) is 0 Å². The van der Waals surface area contributed by atoms with Gasteiger partial charge in [0.05, 0.1) is 29.0 Å². The van der Waals surface area contributed by atoms with Crippen LogP contribution < -0.4 is 10.6 Å². The number of aliphatic hydroxyl groups excluding tert-OH is 1. The molecule has 0 radical (unpaired) electrons. The van der Waals surface area contributed by atoms with Crippen LogP contribution in [0, 0.1) is 0 Å². The van der Waals surface area contributed by atoms with E-state index in [4.69, 9.17) is 25.5 Å². The molecule has 32 heavy (non-hydrogen) atoms. The summed E-state index contributed by atoms with van der Waals surface area (Å²) in [7, 11) is 0. The number of rotatable bonds is 6. The summed E-state index contributed by atoms with van der Waals surface area (Å²) in [5.74, 6) is 1.72. The van der Waals surface area contributed by atoms with Crippen LogP contribution in [0.5, 0.6) is 0 Å². The van der Waals surface area contributed by atoms with Crippen molar-refractivity contribution in [3.8, 4) is 21.8 Å². The van der Waals surface area contributed by atoms with Gasteiger partial charge < -0.3 is 20.5 Å². The van der Waals surface area contributed by atoms with Crippen LogP contribution in [-0.4, -0.2) is 58.0 Å². The van der Waals surface area contributed by atoms with Gasteiger partial charge in [-0.3, -0.25) is 0 Å². The third-order valence-electron chi connectivity index (χ3n) is 5.43. The minimum Gasteiger partial charge on any atom is -0.396 e. The van der Waals surface area contributed by atoms with Gasteiger partial charge in [0.25, 0.3) is 0 Å². The molecule has 8 nitrogen and oxygen atoms in total. The highest BCUT2D eigenvalue weighted by Crippen LogP contribution is 2.39. The summed E-state index contributed by atoms with van der Waals surface area (Å²) in [6.07, 6.45) is 4.93. The van der Waals surface area contributed by atoms with Crippen molar-refractivity contribution < 1.29 is 9.84 Å². The maximum absolute atomic E-state index is 9.16. The molecule has 0 amide bonds. The number of benzene rings is 1.